The molecular weight excluding hydrogens is 202 g/mol. The van der Waals surface area contributed by atoms with E-state index in [-0.39, 0.29) is 0 Å². The predicted octanol–water partition coefficient (Wildman–Crippen LogP) is 0.540. The van der Waals surface area contributed by atoms with Gasteiger partial charge >= 0.3 is 0 Å². The van der Waals surface area contributed by atoms with Crippen LogP contribution in [0.25, 0.3) is 0 Å². The Morgan fingerprint density at radius 3 is 2.94 bits per heavy atom. The number of hydrogen-bond acceptors (Lipinski definition) is 4. The molecule has 2 heterocycles. The maximum absolute atomic E-state index is 9.64. The summed E-state index contributed by atoms with van der Waals surface area (Å²) in [7, 11) is 0. The summed E-state index contributed by atoms with van der Waals surface area (Å²) in [6.45, 7) is 6.87. The van der Waals surface area contributed by atoms with Gasteiger partial charge < -0.3 is 10.4 Å². The second-order valence-corrected chi connectivity index (χ2v) is 4.25. The van der Waals surface area contributed by atoms with Crippen molar-refractivity contribution < 1.29 is 5.11 Å². The van der Waals surface area contributed by atoms with Crippen molar-refractivity contribution in [1.29, 1.82) is 0 Å². The number of pyridine rings is 1. The fourth-order valence-electron chi connectivity index (χ4n) is 2.07. The number of nitrogens with one attached hydrogen (secondary N) is 1. The summed E-state index contributed by atoms with van der Waals surface area (Å²) in [5.41, 5.74) is 1.94. The van der Waals surface area contributed by atoms with Crippen molar-refractivity contribution in [2.45, 2.75) is 19.6 Å². The Kier molecular flexibility index (Phi) is 3.88. The Morgan fingerprint density at radius 2 is 2.25 bits per heavy atom. The van der Waals surface area contributed by atoms with E-state index in [2.05, 4.69) is 21.3 Å². The molecule has 1 aliphatic heterocycles. The van der Waals surface area contributed by atoms with Gasteiger partial charge in [-0.3, -0.25) is 9.88 Å². The first-order valence-corrected chi connectivity index (χ1v) is 5.82. The average molecular weight is 221 g/mol. The molecule has 88 valence electrons. The number of aliphatic hydroxyl groups excluding tert-OH is 1. The third kappa shape index (κ3) is 2.78. The molecule has 4 nitrogen and oxygen atoms in total. The van der Waals surface area contributed by atoms with Crippen molar-refractivity contribution in [1.82, 2.24) is 15.2 Å². The summed E-state index contributed by atoms with van der Waals surface area (Å²) in [6, 6.07) is 3.99. The van der Waals surface area contributed by atoms with Crippen LogP contribution in [0.2, 0.25) is 0 Å². The number of nitrogens with zero attached hydrogens (tertiary/aromatic N) is 2. The van der Waals surface area contributed by atoms with E-state index in [1.54, 1.807) is 13.1 Å². The van der Waals surface area contributed by atoms with E-state index in [1.165, 1.54) is 0 Å². The summed E-state index contributed by atoms with van der Waals surface area (Å²) >= 11 is 0. The summed E-state index contributed by atoms with van der Waals surface area (Å²) in [6.07, 6.45) is 1.25. The summed E-state index contributed by atoms with van der Waals surface area (Å²) in [5, 5.41) is 13.0. The van der Waals surface area contributed by atoms with Gasteiger partial charge in [0.2, 0.25) is 0 Å². The van der Waals surface area contributed by atoms with Crippen LogP contribution in [0.4, 0.5) is 0 Å². The third-order valence-electron chi connectivity index (χ3n) is 2.93. The number of aliphatic hydroxyl groups is 1. The van der Waals surface area contributed by atoms with E-state index < -0.39 is 6.10 Å². The minimum absolute atomic E-state index is 0.487. The molecule has 0 saturated carbocycles. The molecule has 0 radical (unpaired) electrons. The number of hydrogen-bond donors (Lipinski definition) is 2. The van der Waals surface area contributed by atoms with Gasteiger partial charge in [-0.25, -0.2) is 0 Å². The van der Waals surface area contributed by atoms with Gasteiger partial charge in [0.25, 0.3) is 0 Å². The molecule has 1 unspecified atom stereocenters. The molecule has 0 spiro atoms. The maximum Gasteiger partial charge on any atom is 0.0935 e. The van der Waals surface area contributed by atoms with Crippen molar-refractivity contribution in [3.05, 3.63) is 29.6 Å². The predicted molar refractivity (Wildman–Crippen MR) is 63.0 cm³/mol. The molecule has 1 aromatic heterocycles. The molecule has 4 heteroatoms. The van der Waals surface area contributed by atoms with Crippen LogP contribution in [0.3, 0.4) is 0 Å². The molecule has 16 heavy (non-hydrogen) atoms. The van der Waals surface area contributed by atoms with E-state index in [0.29, 0.717) is 0 Å². The molecular formula is C12H19N3O. The van der Waals surface area contributed by atoms with Crippen LogP contribution in [0.5, 0.6) is 0 Å². The lowest BCUT2D eigenvalue weighted by molar-refractivity contribution is 0.187. The zero-order valence-corrected chi connectivity index (χ0v) is 9.69. The molecule has 2 rings (SSSR count). The second kappa shape index (κ2) is 5.39. The molecule has 0 aliphatic carbocycles. The molecule has 1 aliphatic rings. The highest BCUT2D eigenvalue weighted by Crippen LogP contribution is 2.16. The smallest absolute Gasteiger partial charge is 0.0935 e. The van der Waals surface area contributed by atoms with Crippen LogP contribution in [0, 0.1) is 0 Å². The van der Waals surface area contributed by atoms with Gasteiger partial charge in [-0.15, -0.1) is 0 Å². The quantitative estimate of drug-likeness (QED) is 0.782. The van der Waals surface area contributed by atoms with Crippen LogP contribution < -0.4 is 5.32 Å². The highest BCUT2D eigenvalue weighted by molar-refractivity contribution is 5.21. The number of piperazine rings is 1. The number of rotatable bonds is 3. The van der Waals surface area contributed by atoms with E-state index in [0.717, 1.165) is 44.0 Å². The molecule has 1 fully saturated rings. The van der Waals surface area contributed by atoms with Crippen LogP contribution in [0.1, 0.15) is 24.3 Å². The van der Waals surface area contributed by atoms with E-state index in [4.69, 9.17) is 0 Å². The highest BCUT2D eigenvalue weighted by atomic mass is 16.3. The van der Waals surface area contributed by atoms with E-state index in [1.807, 2.05) is 6.07 Å². The van der Waals surface area contributed by atoms with Crippen molar-refractivity contribution in [3.8, 4) is 0 Å². The number of aromatic nitrogens is 1. The van der Waals surface area contributed by atoms with Gasteiger partial charge in [-0.2, -0.15) is 0 Å². The first-order chi connectivity index (χ1) is 7.77. The lowest BCUT2D eigenvalue weighted by Gasteiger charge is -2.28. The average Bonchev–Trinajstić information content (AvgIpc) is 2.31. The van der Waals surface area contributed by atoms with Crippen molar-refractivity contribution in [2.75, 3.05) is 26.2 Å². The van der Waals surface area contributed by atoms with Crippen LogP contribution in [-0.4, -0.2) is 41.2 Å². The van der Waals surface area contributed by atoms with Gasteiger partial charge in [-0.05, 0) is 18.6 Å². The Morgan fingerprint density at radius 1 is 1.50 bits per heavy atom. The van der Waals surface area contributed by atoms with Crippen molar-refractivity contribution >= 4 is 0 Å². The van der Waals surface area contributed by atoms with E-state index >= 15 is 0 Å². The lowest BCUT2D eigenvalue weighted by Crippen LogP contribution is -2.43. The molecule has 0 amide bonds. The summed E-state index contributed by atoms with van der Waals surface area (Å²) < 4.78 is 0. The molecule has 0 aromatic carbocycles. The van der Waals surface area contributed by atoms with Crippen molar-refractivity contribution in [2.24, 2.45) is 0 Å². The Labute approximate surface area is 96.3 Å². The van der Waals surface area contributed by atoms with E-state index in [9.17, 15) is 5.11 Å². The second-order valence-electron chi connectivity index (χ2n) is 4.25. The molecule has 0 bridgehead atoms. The molecule has 2 N–H and O–H groups in total. The van der Waals surface area contributed by atoms with Gasteiger partial charge in [-0.1, -0.05) is 6.07 Å². The topological polar surface area (TPSA) is 48.4 Å². The van der Waals surface area contributed by atoms with Gasteiger partial charge in [0.15, 0.2) is 0 Å². The standard InChI is InChI=1S/C12H19N3O/c1-10(16)12-11(3-2-4-14-12)9-15-7-5-13-6-8-15/h2-4,10,13,16H,5-9H2,1H3. The Hall–Kier alpha value is -0.970. The fourth-order valence-corrected chi connectivity index (χ4v) is 2.07. The first-order valence-electron chi connectivity index (χ1n) is 5.82. The van der Waals surface area contributed by atoms with Gasteiger partial charge in [0.1, 0.15) is 0 Å². The first kappa shape index (κ1) is 11.5. The van der Waals surface area contributed by atoms with Gasteiger partial charge in [0.05, 0.1) is 11.8 Å². The van der Waals surface area contributed by atoms with Crippen LogP contribution in [-0.2, 0) is 6.54 Å². The summed E-state index contributed by atoms with van der Waals surface area (Å²) in [5.74, 6) is 0. The Balaban J connectivity index is 2.07. The molecule has 1 aromatic rings. The maximum atomic E-state index is 9.64. The Bertz CT molecular complexity index is 335. The monoisotopic (exact) mass is 221 g/mol. The fraction of sp³-hybridized carbons (Fsp3) is 0.583. The van der Waals surface area contributed by atoms with Crippen molar-refractivity contribution in [3.63, 3.8) is 0 Å². The zero-order valence-electron chi connectivity index (χ0n) is 9.69. The lowest BCUT2D eigenvalue weighted by atomic mass is 10.1. The molecule has 1 atom stereocenters. The van der Waals surface area contributed by atoms with Gasteiger partial charge in [0, 0.05) is 38.9 Å². The highest BCUT2D eigenvalue weighted by Gasteiger charge is 2.14. The largest absolute Gasteiger partial charge is 0.387 e. The zero-order chi connectivity index (χ0) is 11.4. The molecule has 1 saturated heterocycles. The SMILES string of the molecule is CC(O)c1ncccc1CN1CCNCC1. The minimum Gasteiger partial charge on any atom is -0.387 e. The normalized spacial score (nSPS) is 19.6. The van der Waals surface area contributed by atoms with Crippen LogP contribution in [0.15, 0.2) is 18.3 Å². The third-order valence-corrected chi connectivity index (χ3v) is 2.93. The summed E-state index contributed by atoms with van der Waals surface area (Å²) in [4.78, 5) is 6.64. The van der Waals surface area contributed by atoms with Crippen LogP contribution >= 0.6 is 0 Å². The minimum atomic E-state index is -0.487.